The molecule has 31 heavy (non-hydrogen) atoms. The van der Waals surface area contributed by atoms with Crippen molar-refractivity contribution in [2.24, 2.45) is 5.92 Å². The summed E-state index contributed by atoms with van der Waals surface area (Å²) in [5, 5.41) is 11.0. The molecule has 1 fully saturated rings. The number of methoxy groups -OCH3 is 1. The molecule has 1 aromatic rings. The number of aliphatic hydroxyl groups is 1. The highest BCUT2D eigenvalue weighted by Gasteiger charge is 2.43. The maximum Gasteiger partial charge on any atom is 0.191 e. The Kier molecular flexibility index (Phi) is 10.3. The molecular formula is C24H42O4S2Si. The van der Waals surface area contributed by atoms with Gasteiger partial charge in [-0.05, 0) is 60.2 Å². The summed E-state index contributed by atoms with van der Waals surface area (Å²) in [7, 11) is -0.120. The quantitative estimate of drug-likeness (QED) is 0.377. The SMILES string of the molecule is COc1ccc(COC[C@@H](O)CC2([C@@H](C)CO[Si](C)(C)C(C)(C)C)SCCCS2)cc1. The lowest BCUT2D eigenvalue weighted by Gasteiger charge is -2.44. The van der Waals surface area contributed by atoms with Crippen molar-refractivity contribution in [3.63, 3.8) is 0 Å². The molecule has 1 N–H and O–H groups in total. The number of hydrogen-bond donors (Lipinski definition) is 1. The highest BCUT2D eigenvalue weighted by molar-refractivity contribution is 8.18. The molecule has 1 aliphatic rings. The van der Waals surface area contributed by atoms with Gasteiger partial charge in [-0.15, -0.1) is 23.5 Å². The van der Waals surface area contributed by atoms with Crippen LogP contribution < -0.4 is 4.74 Å². The van der Waals surface area contributed by atoms with Gasteiger partial charge in [0.1, 0.15) is 5.75 Å². The summed E-state index contributed by atoms with van der Waals surface area (Å²) in [6.45, 7) is 15.4. The van der Waals surface area contributed by atoms with Crippen LogP contribution in [0.5, 0.6) is 5.75 Å². The molecule has 0 radical (unpaired) electrons. The van der Waals surface area contributed by atoms with Crippen molar-refractivity contribution < 1.29 is 19.0 Å². The molecule has 7 heteroatoms. The van der Waals surface area contributed by atoms with E-state index in [1.54, 1.807) is 7.11 Å². The number of aliphatic hydroxyl groups excluding tert-OH is 1. The van der Waals surface area contributed by atoms with Crippen molar-refractivity contribution in [3.05, 3.63) is 29.8 Å². The second-order valence-electron chi connectivity index (χ2n) is 10.1. The molecule has 1 aliphatic heterocycles. The zero-order chi connectivity index (χ0) is 23.1. The summed E-state index contributed by atoms with van der Waals surface area (Å²) >= 11 is 4.02. The Bertz CT molecular complexity index is 655. The first-order chi connectivity index (χ1) is 14.5. The third kappa shape index (κ3) is 7.97. The summed E-state index contributed by atoms with van der Waals surface area (Å²) in [4.78, 5) is 0. The molecule has 1 heterocycles. The Morgan fingerprint density at radius 3 is 2.26 bits per heavy atom. The first-order valence-corrected chi connectivity index (χ1v) is 16.2. The Hall–Kier alpha value is -0.183. The minimum atomic E-state index is -1.78. The smallest absolute Gasteiger partial charge is 0.191 e. The lowest BCUT2D eigenvalue weighted by Crippen LogP contribution is -2.45. The van der Waals surface area contributed by atoms with Gasteiger partial charge in [-0.2, -0.15) is 0 Å². The molecule has 0 bridgehead atoms. The van der Waals surface area contributed by atoms with Crippen molar-refractivity contribution >= 4 is 31.8 Å². The van der Waals surface area contributed by atoms with Crippen molar-refractivity contribution in [1.82, 2.24) is 0 Å². The van der Waals surface area contributed by atoms with Crippen LogP contribution in [0.4, 0.5) is 0 Å². The second kappa shape index (κ2) is 11.8. The van der Waals surface area contributed by atoms with Crippen LogP contribution in [0.25, 0.3) is 0 Å². The van der Waals surface area contributed by atoms with Crippen LogP contribution in [0.1, 0.15) is 46.1 Å². The van der Waals surface area contributed by atoms with E-state index in [1.165, 1.54) is 6.42 Å². The first-order valence-electron chi connectivity index (χ1n) is 11.3. The van der Waals surface area contributed by atoms with Crippen LogP contribution in [0.2, 0.25) is 18.1 Å². The maximum atomic E-state index is 10.8. The molecule has 1 saturated heterocycles. The second-order valence-corrected chi connectivity index (χ2v) is 18.0. The van der Waals surface area contributed by atoms with E-state index in [2.05, 4.69) is 40.8 Å². The third-order valence-electron chi connectivity index (χ3n) is 6.49. The number of ether oxygens (including phenoxy) is 2. The Morgan fingerprint density at radius 1 is 1.10 bits per heavy atom. The summed E-state index contributed by atoms with van der Waals surface area (Å²) in [5.74, 6) is 3.51. The normalized spacial score (nSPS) is 19.1. The van der Waals surface area contributed by atoms with Gasteiger partial charge in [-0.1, -0.05) is 39.8 Å². The van der Waals surface area contributed by atoms with Crippen molar-refractivity contribution in [3.8, 4) is 5.75 Å². The van der Waals surface area contributed by atoms with Gasteiger partial charge in [0, 0.05) is 12.5 Å². The van der Waals surface area contributed by atoms with Gasteiger partial charge < -0.3 is 19.0 Å². The van der Waals surface area contributed by atoms with Crippen molar-refractivity contribution in [2.75, 3.05) is 31.8 Å². The highest BCUT2D eigenvalue weighted by atomic mass is 32.2. The average Bonchev–Trinajstić information content (AvgIpc) is 2.72. The van der Waals surface area contributed by atoms with Gasteiger partial charge in [0.15, 0.2) is 8.32 Å². The predicted octanol–water partition coefficient (Wildman–Crippen LogP) is 6.19. The molecule has 0 aromatic heterocycles. The van der Waals surface area contributed by atoms with Gasteiger partial charge in [-0.25, -0.2) is 0 Å². The summed E-state index contributed by atoms with van der Waals surface area (Å²) in [6.07, 6.45) is 1.48. The summed E-state index contributed by atoms with van der Waals surface area (Å²) < 4.78 is 17.6. The van der Waals surface area contributed by atoms with Crippen LogP contribution in [0, 0.1) is 5.92 Å². The monoisotopic (exact) mass is 486 g/mol. The standard InChI is InChI=1S/C24H42O4S2Si/c1-19(16-28-31(6,7)23(2,3)4)24(29-13-8-14-30-24)15-21(25)18-27-17-20-9-11-22(26-5)12-10-20/h9-12,19,21,25H,8,13-18H2,1-7H3/t19-,21-/m0/s1. The van der Waals surface area contributed by atoms with E-state index < -0.39 is 14.4 Å². The fourth-order valence-electron chi connectivity index (χ4n) is 3.29. The lowest BCUT2D eigenvalue weighted by molar-refractivity contribution is 0.0201. The molecule has 178 valence electrons. The molecule has 0 aliphatic carbocycles. The van der Waals surface area contributed by atoms with Gasteiger partial charge in [0.2, 0.25) is 0 Å². The minimum Gasteiger partial charge on any atom is -0.497 e. The van der Waals surface area contributed by atoms with Crippen LogP contribution in [0.15, 0.2) is 24.3 Å². The Labute approximate surface area is 199 Å². The number of thioether (sulfide) groups is 2. The van der Waals surface area contributed by atoms with Gasteiger partial charge in [0.25, 0.3) is 0 Å². The van der Waals surface area contributed by atoms with E-state index in [0.717, 1.165) is 35.8 Å². The van der Waals surface area contributed by atoms with Crippen molar-refractivity contribution in [1.29, 1.82) is 0 Å². The number of hydrogen-bond acceptors (Lipinski definition) is 6. The van der Waals surface area contributed by atoms with Crippen LogP contribution in [-0.2, 0) is 15.8 Å². The molecule has 0 amide bonds. The van der Waals surface area contributed by atoms with Gasteiger partial charge in [0.05, 0.1) is 30.5 Å². The fourth-order valence-corrected chi connectivity index (χ4v) is 8.00. The summed E-state index contributed by atoms with van der Waals surface area (Å²) in [5.41, 5.74) is 1.08. The van der Waals surface area contributed by atoms with E-state index in [9.17, 15) is 5.11 Å². The first kappa shape index (κ1) is 27.1. The summed E-state index contributed by atoms with van der Waals surface area (Å²) in [6, 6.07) is 7.87. The van der Waals surface area contributed by atoms with Crippen LogP contribution in [-0.4, -0.2) is 55.4 Å². The van der Waals surface area contributed by atoms with E-state index in [0.29, 0.717) is 19.1 Å². The fraction of sp³-hybridized carbons (Fsp3) is 0.750. The molecule has 2 atom stereocenters. The van der Waals surface area contributed by atoms with Gasteiger partial charge in [-0.3, -0.25) is 0 Å². The maximum absolute atomic E-state index is 10.8. The van der Waals surface area contributed by atoms with Crippen LogP contribution in [0.3, 0.4) is 0 Å². The van der Waals surface area contributed by atoms with Crippen LogP contribution >= 0.6 is 23.5 Å². The number of rotatable bonds is 11. The number of benzene rings is 1. The zero-order valence-electron chi connectivity index (χ0n) is 20.4. The zero-order valence-corrected chi connectivity index (χ0v) is 23.0. The minimum absolute atomic E-state index is 0.0104. The molecule has 0 spiro atoms. The van der Waals surface area contributed by atoms with Gasteiger partial charge >= 0.3 is 0 Å². The Morgan fingerprint density at radius 2 is 1.71 bits per heavy atom. The molecule has 2 rings (SSSR count). The predicted molar refractivity (Wildman–Crippen MR) is 138 cm³/mol. The average molecular weight is 487 g/mol. The molecule has 0 unspecified atom stereocenters. The molecule has 4 nitrogen and oxygen atoms in total. The van der Waals surface area contributed by atoms with E-state index >= 15 is 0 Å². The van der Waals surface area contributed by atoms with E-state index in [4.69, 9.17) is 13.9 Å². The molecule has 1 aromatic carbocycles. The van der Waals surface area contributed by atoms with E-state index in [1.807, 2.05) is 47.8 Å². The topological polar surface area (TPSA) is 47.9 Å². The molecule has 0 saturated carbocycles. The third-order valence-corrected chi connectivity index (χ3v) is 14.8. The Balaban J connectivity index is 1.91. The molecular weight excluding hydrogens is 444 g/mol. The van der Waals surface area contributed by atoms with Crippen molar-refractivity contribution in [2.45, 2.75) is 75.5 Å². The lowest BCUT2D eigenvalue weighted by atomic mass is 10.0. The highest BCUT2D eigenvalue weighted by Crippen LogP contribution is 2.51. The largest absolute Gasteiger partial charge is 0.497 e. The van der Waals surface area contributed by atoms with E-state index in [-0.39, 0.29) is 9.12 Å².